The smallest absolute Gasteiger partial charge is 0.321 e. The monoisotopic (exact) mass is 280 g/mol. The summed E-state index contributed by atoms with van der Waals surface area (Å²) in [4.78, 5) is 15.5. The molecule has 0 spiro atoms. The van der Waals surface area contributed by atoms with Crippen LogP contribution in [0.2, 0.25) is 0 Å². The predicted molar refractivity (Wildman–Crippen MR) is 67.3 cm³/mol. The number of oxime groups is 1. The molecule has 1 aromatic rings. The topological polar surface area (TPSA) is 97.4 Å². The summed E-state index contributed by atoms with van der Waals surface area (Å²) >= 11 is 0. The quantitative estimate of drug-likeness (QED) is 0.326. The van der Waals surface area contributed by atoms with E-state index in [1.807, 2.05) is 0 Å². The van der Waals surface area contributed by atoms with Crippen molar-refractivity contribution in [2.24, 2.45) is 12.2 Å². The number of hydrogen-bond donors (Lipinski definition) is 2. The van der Waals surface area contributed by atoms with Gasteiger partial charge in [0.1, 0.15) is 6.04 Å². The third kappa shape index (κ3) is 1.43. The minimum absolute atomic E-state index is 0.0167. The lowest BCUT2D eigenvalue weighted by Crippen LogP contribution is -2.44. The first-order valence-corrected chi connectivity index (χ1v) is 6.17. The van der Waals surface area contributed by atoms with Gasteiger partial charge in [-0.3, -0.25) is 9.89 Å². The van der Waals surface area contributed by atoms with Crippen molar-refractivity contribution >= 4 is 11.9 Å². The van der Waals surface area contributed by atoms with Gasteiger partial charge in [0.25, 0.3) is 0 Å². The maximum Gasteiger partial charge on any atom is 0.321 e. The Bertz CT molecular complexity index is 595. The highest BCUT2D eigenvalue weighted by molar-refractivity contribution is 5.93. The number of hydroxylamine groups is 2. The van der Waals surface area contributed by atoms with Gasteiger partial charge in [0.15, 0.2) is 5.84 Å². The van der Waals surface area contributed by atoms with E-state index >= 15 is 0 Å². The highest BCUT2D eigenvalue weighted by atomic mass is 16.5. The average molecular weight is 280 g/mol. The molecule has 1 saturated heterocycles. The summed E-state index contributed by atoms with van der Waals surface area (Å²) in [7, 11) is 4.83. The molecule has 9 heteroatoms. The van der Waals surface area contributed by atoms with E-state index in [1.165, 1.54) is 7.05 Å². The summed E-state index contributed by atoms with van der Waals surface area (Å²) < 4.78 is 1.64. The number of nitrogens with zero attached hydrogens (tertiary/aromatic N) is 6. The third-order valence-corrected chi connectivity index (χ3v) is 4.01. The Morgan fingerprint density at radius 2 is 2.25 bits per heavy atom. The van der Waals surface area contributed by atoms with Crippen LogP contribution < -0.4 is 0 Å². The molecule has 0 unspecified atom stereocenters. The van der Waals surface area contributed by atoms with E-state index in [4.69, 9.17) is 0 Å². The van der Waals surface area contributed by atoms with Crippen LogP contribution in [-0.2, 0) is 7.05 Å². The SMILES string of the molecule is CN(O)/C(=N\O)[C@@H]1c2c(cnn2C)[C@@H]2CN1C(=O)N2C. The third-order valence-electron chi connectivity index (χ3n) is 4.01. The molecule has 1 fully saturated rings. The fourth-order valence-electron chi connectivity index (χ4n) is 3.01. The molecule has 2 aliphatic heterocycles. The van der Waals surface area contributed by atoms with Crippen molar-refractivity contribution < 1.29 is 15.2 Å². The molecule has 0 saturated carbocycles. The Balaban J connectivity index is 2.19. The average Bonchev–Trinajstić information content (AvgIpc) is 2.89. The molecule has 2 amide bonds. The molecule has 9 nitrogen and oxygen atoms in total. The maximum atomic E-state index is 12.3. The van der Waals surface area contributed by atoms with E-state index in [9.17, 15) is 15.2 Å². The zero-order chi connectivity index (χ0) is 14.6. The van der Waals surface area contributed by atoms with Gasteiger partial charge in [0.2, 0.25) is 0 Å². The second-order valence-corrected chi connectivity index (χ2v) is 5.05. The number of aromatic nitrogens is 2. The van der Waals surface area contributed by atoms with Crippen LogP contribution in [0.5, 0.6) is 0 Å². The fraction of sp³-hybridized carbons (Fsp3) is 0.545. The van der Waals surface area contributed by atoms with Crippen molar-refractivity contribution in [3.05, 3.63) is 17.5 Å². The number of rotatable bonds is 1. The number of amides is 2. The largest absolute Gasteiger partial charge is 0.409 e. The van der Waals surface area contributed by atoms with Crippen molar-refractivity contribution in [1.82, 2.24) is 24.6 Å². The molecule has 108 valence electrons. The van der Waals surface area contributed by atoms with Crippen LogP contribution in [0.25, 0.3) is 0 Å². The Kier molecular flexibility index (Phi) is 2.61. The van der Waals surface area contributed by atoms with Gasteiger partial charge in [-0.1, -0.05) is 5.16 Å². The van der Waals surface area contributed by atoms with Gasteiger partial charge in [-0.05, 0) is 0 Å². The molecule has 0 radical (unpaired) electrons. The van der Waals surface area contributed by atoms with Crippen LogP contribution in [-0.4, -0.2) is 67.6 Å². The number of carbonyl (C=O) groups excluding carboxylic acids is 1. The lowest BCUT2D eigenvalue weighted by molar-refractivity contribution is 0.00121. The first-order valence-electron chi connectivity index (χ1n) is 6.17. The predicted octanol–water partition coefficient (Wildman–Crippen LogP) is -0.00800. The molecule has 2 bridgehead atoms. The van der Waals surface area contributed by atoms with Crippen molar-refractivity contribution in [2.75, 3.05) is 20.6 Å². The number of urea groups is 1. The molecule has 0 aliphatic carbocycles. The number of likely N-dealkylation sites (N-methyl/N-ethyl adjacent to an activating group) is 2. The normalized spacial score (nSPS) is 25.2. The van der Waals surface area contributed by atoms with Crippen molar-refractivity contribution in [3.8, 4) is 0 Å². The number of aryl methyl sites for hydroxylation is 1. The van der Waals surface area contributed by atoms with Gasteiger partial charge in [0, 0.05) is 33.3 Å². The van der Waals surface area contributed by atoms with Crippen LogP contribution in [0.4, 0.5) is 4.79 Å². The van der Waals surface area contributed by atoms with Crippen molar-refractivity contribution in [2.45, 2.75) is 12.1 Å². The fourth-order valence-corrected chi connectivity index (χ4v) is 3.01. The summed E-state index contributed by atoms with van der Waals surface area (Å²) in [6.07, 6.45) is 1.71. The van der Waals surface area contributed by atoms with E-state index in [1.54, 1.807) is 34.8 Å². The summed E-state index contributed by atoms with van der Waals surface area (Å²) in [5.41, 5.74) is 1.65. The lowest BCUT2D eigenvalue weighted by Gasteiger charge is -2.33. The highest BCUT2D eigenvalue weighted by Gasteiger charge is 2.50. The van der Waals surface area contributed by atoms with Crippen LogP contribution in [0.1, 0.15) is 23.3 Å². The molecule has 2 atom stereocenters. The number of amidine groups is 1. The Morgan fingerprint density at radius 1 is 1.55 bits per heavy atom. The van der Waals surface area contributed by atoms with Gasteiger partial charge in [-0.2, -0.15) is 5.10 Å². The van der Waals surface area contributed by atoms with E-state index in [2.05, 4.69) is 10.3 Å². The van der Waals surface area contributed by atoms with Gasteiger partial charge in [0.05, 0.1) is 17.9 Å². The Hall–Kier alpha value is -2.29. The molecule has 2 aliphatic rings. The molecular formula is C11H16N6O3. The minimum Gasteiger partial charge on any atom is -0.409 e. The standard InChI is InChI=1S/C11H16N6O3/c1-14-7-5-17(11(14)18)9(10(13-19)16(3)20)8-6(7)4-12-15(8)2/h4,7,9,19-20H,5H2,1-3H3/b13-10-/t7-,9-/m0/s1. The maximum absolute atomic E-state index is 12.3. The number of carbonyl (C=O) groups is 1. The Morgan fingerprint density at radius 3 is 2.85 bits per heavy atom. The van der Waals surface area contributed by atoms with Gasteiger partial charge in [-0.25, -0.2) is 9.86 Å². The van der Waals surface area contributed by atoms with Crippen LogP contribution >= 0.6 is 0 Å². The van der Waals surface area contributed by atoms with E-state index in [0.29, 0.717) is 11.6 Å². The first-order chi connectivity index (χ1) is 9.47. The van der Waals surface area contributed by atoms with E-state index in [0.717, 1.165) is 11.3 Å². The highest BCUT2D eigenvalue weighted by Crippen LogP contribution is 2.43. The molecule has 3 heterocycles. The molecule has 20 heavy (non-hydrogen) atoms. The Labute approximate surface area is 115 Å². The summed E-state index contributed by atoms with van der Waals surface area (Å²) in [5, 5.41) is 26.9. The van der Waals surface area contributed by atoms with Crippen LogP contribution in [0.3, 0.4) is 0 Å². The second-order valence-electron chi connectivity index (χ2n) is 5.05. The first kappa shape index (κ1) is 12.7. The van der Waals surface area contributed by atoms with Crippen molar-refractivity contribution in [3.63, 3.8) is 0 Å². The summed E-state index contributed by atoms with van der Waals surface area (Å²) in [6.45, 7) is 0.478. The molecule has 0 aromatic carbocycles. The van der Waals surface area contributed by atoms with E-state index < -0.39 is 6.04 Å². The number of hydrogen-bond acceptors (Lipinski definition) is 5. The van der Waals surface area contributed by atoms with Crippen molar-refractivity contribution in [1.29, 1.82) is 0 Å². The van der Waals surface area contributed by atoms with Gasteiger partial charge >= 0.3 is 6.03 Å². The van der Waals surface area contributed by atoms with Crippen LogP contribution in [0.15, 0.2) is 11.4 Å². The minimum atomic E-state index is -0.661. The second kappa shape index (κ2) is 4.10. The summed E-state index contributed by atoms with van der Waals surface area (Å²) in [6, 6.07) is -0.892. The van der Waals surface area contributed by atoms with Gasteiger partial charge in [-0.15, -0.1) is 0 Å². The van der Waals surface area contributed by atoms with Gasteiger partial charge < -0.3 is 15.0 Å². The lowest BCUT2D eigenvalue weighted by atomic mass is 9.97. The van der Waals surface area contributed by atoms with E-state index in [-0.39, 0.29) is 17.9 Å². The molecule has 2 N–H and O–H groups in total. The zero-order valence-electron chi connectivity index (χ0n) is 11.4. The molecule has 1 aromatic heterocycles. The zero-order valence-corrected chi connectivity index (χ0v) is 11.4. The molecular weight excluding hydrogens is 264 g/mol. The molecule has 3 rings (SSSR count). The number of fused-ring (bicyclic) bond motifs is 4. The summed E-state index contributed by atoms with van der Waals surface area (Å²) in [5.74, 6) is -0.0167. The van der Waals surface area contributed by atoms with Crippen LogP contribution in [0, 0.1) is 0 Å².